The van der Waals surface area contributed by atoms with Crippen molar-refractivity contribution in [1.29, 1.82) is 0 Å². The van der Waals surface area contributed by atoms with Gasteiger partial charge in [0.25, 0.3) is 0 Å². The molecule has 120 valence electrons. The maximum Gasteiger partial charge on any atom is 0.210 e. The first-order valence-electron chi connectivity index (χ1n) is 7.14. The van der Waals surface area contributed by atoms with E-state index in [1.807, 2.05) is 0 Å². The summed E-state index contributed by atoms with van der Waals surface area (Å²) in [5.74, 6) is 1.49. The maximum atomic E-state index is 11.0. The normalized spacial score (nSPS) is 17.6. The summed E-state index contributed by atoms with van der Waals surface area (Å²) in [6, 6.07) is 0. The summed E-state index contributed by atoms with van der Waals surface area (Å²) >= 11 is 1.45. The van der Waals surface area contributed by atoms with Crippen molar-refractivity contribution in [1.82, 2.24) is 14.3 Å². The fraction of sp³-hybridized carbons (Fsp3) is 0.833. The molecule has 0 aliphatic carbocycles. The summed E-state index contributed by atoms with van der Waals surface area (Å²) in [6.07, 6.45) is 0.908. The predicted molar refractivity (Wildman–Crippen MR) is 85.1 cm³/mol. The molecule has 21 heavy (non-hydrogen) atoms. The molecule has 1 aromatic rings. The molecule has 0 atom stereocenters. The van der Waals surface area contributed by atoms with Gasteiger partial charge >= 0.3 is 0 Å². The van der Waals surface area contributed by atoms with Gasteiger partial charge in [-0.1, -0.05) is 13.8 Å². The van der Waals surface area contributed by atoms with E-state index in [1.165, 1.54) is 11.5 Å². The number of rotatable bonds is 6. The number of nitrogens with zero attached hydrogens (tertiary/aromatic N) is 4. The van der Waals surface area contributed by atoms with Crippen molar-refractivity contribution in [2.24, 2.45) is 11.1 Å². The number of primary sulfonamides is 1. The number of hydrogen-bond acceptors (Lipinski definition) is 7. The van der Waals surface area contributed by atoms with Gasteiger partial charge in [-0.25, -0.2) is 18.5 Å². The molecule has 0 saturated carbocycles. The van der Waals surface area contributed by atoms with Crippen molar-refractivity contribution < 1.29 is 8.42 Å². The third-order valence-corrected chi connectivity index (χ3v) is 4.95. The second-order valence-corrected chi connectivity index (χ2v) is 8.25. The monoisotopic (exact) mass is 333 g/mol. The molecule has 2 heterocycles. The van der Waals surface area contributed by atoms with E-state index in [2.05, 4.69) is 33.0 Å². The maximum absolute atomic E-state index is 11.0. The number of hydrogen-bond donors (Lipinski definition) is 1. The largest absolute Gasteiger partial charge is 0.344 e. The summed E-state index contributed by atoms with van der Waals surface area (Å²) in [6.45, 7) is 8.17. The quantitative estimate of drug-likeness (QED) is 0.796. The number of nitrogens with two attached hydrogens (primary N) is 1. The van der Waals surface area contributed by atoms with Gasteiger partial charge in [0.05, 0.1) is 5.75 Å². The van der Waals surface area contributed by atoms with E-state index in [-0.39, 0.29) is 5.75 Å². The van der Waals surface area contributed by atoms with E-state index in [0.717, 1.165) is 43.6 Å². The van der Waals surface area contributed by atoms with Crippen LogP contribution in [0.4, 0.5) is 5.13 Å². The fourth-order valence-electron chi connectivity index (χ4n) is 2.24. The smallest absolute Gasteiger partial charge is 0.210 e. The molecule has 2 N–H and O–H groups in total. The first kappa shape index (κ1) is 16.6. The summed E-state index contributed by atoms with van der Waals surface area (Å²) in [5.41, 5.74) is 0. The average molecular weight is 333 g/mol. The molecule has 7 nitrogen and oxygen atoms in total. The molecule has 1 saturated heterocycles. The zero-order valence-electron chi connectivity index (χ0n) is 12.5. The third-order valence-electron chi connectivity index (χ3n) is 3.38. The molecular formula is C12H23N5O2S2. The highest BCUT2D eigenvalue weighted by Gasteiger charge is 2.20. The molecule has 1 aliphatic rings. The molecule has 0 spiro atoms. The van der Waals surface area contributed by atoms with E-state index >= 15 is 0 Å². The molecule has 0 bridgehead atoms. The molecule has 0 unspecified atom stereocenters. The molecule has 2 rings (SSSR count). The van der Waals surface area contributed by atoms with Crippen molar-refractivity contribution in [2.75, 3.05) is 43.4 Å². The molecule has 0 radical (unpaired) electrons. The SMILES string of the molecule is CC(C)Cc1nsc(N2CCN(CCS(N)(=O)=O)CC2)n1. The Balaban J connectivity index is 1.82. The van der Waals surface area contributed by atoms with Gasteiger partial charge in [-0.15, -0.1) is 0 Å². The molecule has 0 aromatic carbocycles. The topological polar surface area (TPSA) is 92.4 Å². The van der Waals surface area contributed by atoms with Gasteiger partial charge in [0.15, 0.2) is 0 Å². The van der Waals surface area contributed by atoms with Crippen molar-refractivity contribution >= 4 is 26.7 Å². The predicted octanol–water partition coefficient (Wildman–Crippen LogP) is 0.147. The lowest BCUT2D eigenvalue weighted by atomic mass is 10.1. The van der Waals surface area contributed by atoms with Gasteiger partial charge in [-0.05, 0) is 5.92 Å². The van der Waals surface area contributed by atoms with Gasteiger partial charge in [0.1, 0.15) is 5.82 Å². The van der Waals surface area contributed by atoms with E-state index in [4.69, 9.17) is 5.14 Å². The minimum absolute atomic E-state index is 0.0182. The van der Waals surface area contributed by atoms with Crippen LogP contribution in [0.1, 0.15) is 19.7 Å². The van der Waals surface area contributed by atoms with Gasteiger partial charge < -0.3 is 4.90 Å². The Bertz CT molecular complexity index is 550. The number of sulfonamides is 1. The second kappa shape index (κ2) is 6.99. The molecule has 9 heteroatoms. The van der Waals surface area contributed by atoms with E-state index in [1.54, 1.807) is 0 Å². The molecule has 1 aromatic heterocycles. The van der Waals surface area contributed by atoms with Crippen LogP contribution in [-0.4, -0.2) is 61.2 Å². The lowest BCUT2D eigenvalue weighted by Crippen LogP contribution is -2.48. The van der Waals surface area contributed by atoms with Gasteiger partial charge in [-0.2, -0.15) is 4.37 Å². The lowest BCUT2D eigenvalue weighted by molar-refractivity contribution is 0.272. The first-order valence-corrected chi connectivity index (χ1v) is 9.63. The first-order chi connectivity index (χ1) is 9.83. The van der Waals surface area contributed by atoms with Gasteiger partial charge in [0.2, 0.25) is 15.2 Å². The summed E-state index contributed by atoms with van der Waals surface area (Å²) in [7, 11) is -3.37. The highest BCUT2D eigenvalue weighted by Crippen LogP contribution is 2.20. The highest BCUT2D eigenvalue weighted by atomic mass is 32.2. The van der Waals surface area contributed by atoms with Crippen LogP contribution in [0, 0.1) is 5.92 Å². The number of piperazine rings is 1. The van der Waals surface area contributed by atoms with Crippen LogP contribution >= 0.6 is 11.5 Å². The highest BCUT2D eigenvalue weighted by molar-refractivity contribution is 7.89. The lowest BCUT2D eigenvalue weighted by Gasteiger charge is -2.34. The van der Waals surface area contributed by atoms with Crippen molar-refractivity contribution in [2.45, 2.75) is 20.3 Å². The molecule has 1 fully saturated rings. The van der Waals surface area contributed by atoms with Crippen molar-refractivity contribution in [3.8, 4) is 0 Å². The Morgan fingerprint density at radius 1 is 1.29 bits per heavy atom. The van der Waals surface area contributed by atoms with Crippen LogP contribution in [0.15, 0.2) is 0 Å². The van der Waals surface area contributed by atoms with Crippen LogP contribution in [-0.2, 0) is 16.4 Å². The van der Waals surface area contributed by atoms with Crippen LogP contribution in [0.5, 0.6) is 0 Å². The summed E-state index contributed by atoms with van der Waals surface area (Å²) in [5, 5.41) is 6.00. The van der Waals surface area contributed by atoms with Crippen molar-refractivity contribution in [3.63, 3.8) is 0 Å². The minimum Gasteiger partial charge on any atom is -0.344 e. The zero-order valence-corrected chi connectivity index (χ0v) is 14.2. The summed E-state index contributed by atoms with van der Waals surface area (Å²) < 4.78 is 26.3. The fourth-order valence-corrected chi connectivity index (χ4v) is 3.50. The van der Waals surface area contributed by atoms with E-state index in [0.29, 0.717) is 12.5 Å². The van der Waals surface area contributed by atoms with Crippen LogP contribution in [0.3, 0.4) is 0 Å². The third kappa shape index (κ3) is 5.50. The zero-order chi connectivity index (χ0) is 15.5. The average Bonchev–Trinajstić information content (AvgIpc) is 2.84. The van der Waals surface area contributed by atoms with Crippen LogP contribution in [0.25, 0.3) is 0 Å². The summed E-state index contributed by atoms with van der Waals surface area (Å²) in [4.78, 5) is 8.92. The van der Waals surface area contributed by atoms with Crippen LogP contribution < -0.4 is 10.0 Å². The molecular weight excluding hydrogens is 310 g/mol. The standard InChI is InChI=1S/C12H23N5O2S2/c1-10(2)9-11-14-12(20-15-11)17-5-3-16(4-6-17)7-8-21(13,18)19/h10H,3-9H2,1-2H3,(H2,13,18,19). The van der Waals surface area contributed by atoms with Crippen LogP contribution in [0.2, 0.25) is 0 Å². The number of aromatic nitrogens is 2. The Morgan fingerprint density at radius 3 is 2.52 bits per heavy atom. The Labute approximate surface area is 130 Å². The van der Waals surface area contributed by atoms with E-state index < -0.39 is 10.0 Å². The molecule has 1 aliphatic heterocycles. The van der Waals surface area contributed by atoms with E-state index in [9.17, 15) is 8.42 Å². The second-order valence-electron chi connectivity index (χ2n) is 5.79. The Morgan fingerprint density at radius 2 is 1.95 bits per heavy atom. The number of anilines is 1. The van der Waals surface area contributed by atoms with Crippen molar-refractivity contribution in [3.05, 3.63) is 5.82 Å². The van der Waals surface area contributed by atoms with Gasteiger partial charge in [0, 0.05) is 50.7 Å². The van der Waals surface area contributed by atoms with Gasteiger partial charge in [-0.3, -0.25) is 4.90 Å². The Hall–Kier alpha value is -0.770. The Kier molecular flexibility index (Phi) is 5.53. The minimum atomic E-state index is -3.37. The molecule has 0 amide bonds.